The van der Waals surface area contributed by atoms with Crippen molar-refractivity contribution in [2.24, 2.45) is 0 Å². The summed E-state index contributed by atoms with van der Waals surface area (Å²) in [5, 5.41) is 9.29. The van der Waals surface area contributed by atoms with Crippen LogP contribution >= 0.6 is 27.3 Å². The zero-order chi connectivity index (χ0) is 10.8. The van der Waals surface area contributed by atoms with Crippen molar-refractivity contribution >= 4 is 33.2 Å². The van der Waals surface area contributed by atoms with Gasteiger partial charge >= 0.3 is 5.97 Å². The molecule has 0 amide bonds. The van der Waals surface area contributed by atoms with Crippen LogP contribution in [0.5, 0.6) is 0 Å². The Morgan fingerprint density at radius 1 is 1.67 bits per heavy atom. The Morgan fingerprint density at radius 3 is 3.07 bits per heavy atom. The number of halogens is 1. The van der Waals surface area contributed by atoms with Gasteiger partial charge in [-0.3, -0.25) is 4.79 Å². The van der Waals surface area contributed by atoms with Gasteiger partial charge in [0.05, 0.1) is 17.2 Å². The normalized spacial score (nSPS) is 10.5. The van der Waals surface area contributed by atoms with E-state index in [0.717, 1.165) is 4.47 Å². The summed E-state index contributed by atoms with van der Waals surface area (Å²) in [4.78, 5) is 15.3. The molecule has 0 unspecified atom stereocenters. The first-order valence-corrected chi connectivity index (χ1v) is 5.67. The van der Waals surface area contributed by atoms with E-state index in [0.29, 0.717) is 15.6 Å². The maximum absolute atomic E-state index is 10.5. The number of furan rings is 1. The fraction of sp³-hybridized carbons (Fsp3) is 0.111. The molecule has 2 rings (SSSR count). The van der Waals surface area contributed by atoms with Gasteiger partial charge in [-0.2, -0.15) is 0 Å². The number of aliphatic carboxylic acids is 1. The Balaban J connectivity index is 2.28. The van der Waals surface area contributed by atoms with Crippen molar-refractivity contribution in [3.8, 4) is 10.8 Å². The molecule has 0 radical (unpaired) electrons. The molecule has 6 heteroatoms. The van der Waals surface area contributed by atoms with E-state index >= 15 is 0 Å². The number of hydrogen-bond acceptors (Lipinski definition) is 4. The largest absolute Gasteiger partial charge is 0.481 e. The minimum atomic E-state index is -0.858. The summed E-state index contributed by atoms with van der Waals surface area (Å²) in [5.41, 5.74) is 0. The smallest absolute Gasteiger partial charge is 0.308 e. The lowest BCUT2D eigenvalue weighted by Gasteiger charge is -1.89. The Morgan fingerprint density at radius 2 is 2.47 bits per heavy atom. The van der Waals surface area contributed by atoms with Crippen LogP contribution in [0.4, 0.5) is 0 Å². The first kappa shape index (κ1) is 10.4. The van der Waals surface area contributed by atoms with Crippen LogP contribution < -0.4 is 0 Å². The molecule has 0 atom stereocenters. The van der Waals surface area contributed by atoms with Gasteiger partial charge < -0.3 is 9.52 Å². The van der Waals surface area contributed by atoms with Crippen molar-refractivity contribution in [3.63, 3.8) is 0 Å². The van der Waals surface area contributed by atoms with E-state index in [1.165, 1.54) is 11.3 Å². The molecule has 0 aromatic carbocycles. The predicted molar refractivity (Wildman–Crippen MR) is 58.9 cm³/mol. The third kappa shape index (κ3) is 2.27. The minimum Gasteiger partial charge on any atom is -0.481 e. The second-order valence-corrected chi connectivity index (χ2v) is 4.77. The molecule has 0 saturated heterocycles. The zero-order valence-corrected chi connectivity index (χ0v) is 9.84. The molecular weight excluding hydrogens is 282 g/mol. The van der Waals surface area contributed by atoms with E-state index in [4.69, 9.17) is 9.52 Å². The minimum absolute atomic E-state index is 0.00397. The molecule has 0 fully saturated rings. The van der Waals surface area contributed by atoms with Crippen LogP contribution in [0.2, 0.25) is 0 Å². The van der Waals surface area contributed by atoms with Gasteiger partial charge in [-0.1, -0.05) is 0 Å². The molecule has 2 aromatic heterocycles. The standard InChI is InChI=1S/C9H6BrNO3S/c10-6-1-2-14-8(6)9-11-4-5(15-9)3-7(12)13/h1-2,4H,3H2,(H,12,13). The van der Waals surface area contributed by atoms with Crippen molar-refractivity contribution in [2.45, 2.75) is 6.42 Å². The van der Waals surface area contributed by atoms with Gasteiger partial charge in [0.15, 0.2) is 10.8 Å². The van der Waals surface area contributed by atoms with Crippen molar-refractivity contribution in [1.29, 1.82) is 0 Å². The fourth-order valence-corrected chi connectivity index (χ4v) is 2.52. The monoisotopic (exact) mass is 287 g/mol. The Labute approximate surface area is 97.7 Å². The van der Waals surface area contributed by atoms with Crippen molar-refractivity contribution in [1.82, 2.24) is 4.98 Å². The first-order chi connectivity index (χ1) is 7.16. The number of nitrogens with zero attached hydrogens (tertiary/aromatic N) is 1. The summed E-state index contributed by atoms with van der Waals surface area (Å²) >= 11 is 4.64. The van der Waals surface area contributed by atoms with E-state index in [1.54, 1.807) is 18.5 Å². The molecule has 2 heterocycles. The van der Waals surface area contributed by atoms with Crippen LogP contribution in [0, 0.1) is 0 Å². The topological polar surface area (TPSA) is 63.3 Å². The van der Waals surface area contributed by atoms with Gasteiger partial charge in [0, 0.05) is 11.1 Å². The molecule has 0 aliphatic rings. The molecule has 0 aliphatic heterocycles. The van der Waals surface area contributed by atoms with Crippen LogP contribution in [0.15, 0.2) is 27.4 Å². The van der Waals surface area contributed by atoms with Crippen LogP contribution in [0.1, 0.15) is 4.88 Å². The third-order valence-electron chi connectivity index (χ3n) is 1.69. The molecule has 4 nitrogen and oxygen atoms in total. The summed E-state index contributed by atoms with van der Waals surface area (Å²) in [5.74, 6) is -0.222. The van der Waals surface area contributed by atoms with Crippen molar-refractivity contribution in [2.75, 3.05) is 0 Å². The van der Waals surface area contributed by atoms with Crippen LogP contribution in [0.25, 0.3) is 10.8 Å². The zero-order valence-electron chi connectivity index (χ0n) is 7.44. The van der Waals surface area contributed by atoms with E-state index in [-0.39, 0.29) is 6.42 Å². The van der Waals surface area contributed by atoms with Gasteiger partial charge in [0.25, 0.3) is 0 Å². The third-order valence-corrected chi connectivity index (χ3v) is 3.31. The maximum Gasteiger partial charge on any atom is 0.308 e. The van der Waals surface area contributed by atoms with Gasteiger partial charge in [0.1, 0.15) is 0 Å². The molecule has 0 bridgehead atoms. The number of rotatable bonds is 3. The number of carboxylic acid groups (broad SMARTS) is 1. The van der Waals surface area contributed by atoms with E-state index in [9.17, 15) is 4.79 Å². The number of thiazole rings is 1. The highest BCUT2D eigenvalue weighted by molar-refractivity contribution is 9.10. The summed E-state index contributed by atoms with van der Waals surface area (Å²) in [7, 11) is 0. The Bertz CT molecular complexity index is 491. The quantitative estimate of drug-likeness (QED) is 0.943. The molecule has 0 spiro atoms. The summed E-state index contributed by atoms with van der Waals surface area (Å²) in [6, 6.07) is 1.77. The maximum atomic E-state index is 10.5. The van der Waals surface area contributed by atoms with Gasteiger partial charge in [-0.05, 0) is 22.0 Å². The average Bonchev–Trinajstić information content (AvgIpc) is 2.72. The highest BCUT2D eigenvalue weighted by atomic mass is 79.9. The molecule has 1 N–H and O–H groups in total. The molecule has 15 heavy (non-hydrogen) atoms. The fourth-order valence-electron chi connectivity index (χ4n) is 1.09. The summed E-state index contributed by atoms with van der Waals surface area (Å²) in [6.45, 7) is 0. The summed E-state index contributed by atoms with van der Waals surface area (Å²) < 4.78 is 6.04. The van der Waals surface area contributed by atoms with Crippen LogP contribution in [-0.4, -0.2) is 16.1 Å². The van der Waals surface area contributed by atoms with Gasteiger partial charge in [-0.15, -0.1) is 11.3 Å². The Hall–Kier alpha value is -1.14. The van der Waals surface area contributed by atoms with Gasteiger partial charge in [-0.25, -0.2) is 4.98 Å². The second kappa shape index (κ2) is 4.16. The summed E-state index contributed by atoms with van der Waals surface area (Å²) in [6.07, 6.45) is 3.11. The molecular formula is C9H6BrNO3S. The molecule has 78 valence electrons. The lowest BCUT2D eigenvalue weighted by Crippen LogP contribution is -1.97. The second-order valence-electron chi connectivity index (χ2n) is 2.80. The highest BCUT2D eigenvalue weighted by Crippen LogP contribution is 2.32. The number of aromatic nitrogens is 1. The number of hydrogen-bond donors (Lipinski definition) is 1. The lowest BCUT2D eigenvalue weighted by molar-refractivity contribution is -0.136. The number of carboxylic acids is 1. The highest BCUT2D eigenvalue weighted by Gasteiger charge is 2.12. The average molecular weight is 288 g/mol. The van der Waals surface area contributed by atoms with Crippen LogP contribution in [0.3, 0.4) is 0 Å². The SMILES string of the molecule is O=C(O)Cc1cnc(-c2occc2Br)s1. The van der Waals surface area contributed by atoms with E-state index in [1.807, 2.05) is 0 Å². The van der Waals surface area contributed by atoms with Gasteiger partial charge in [0.2, 0.25) is 0 Å². The van der Waals surface area contributed by atoms with Crippen molar-refractivity contribution in [3.05, 3.63) is 27.9 Å². The van der Waals surface area contributed by atoms with E-state index < -0.39 is 5.97 Å². The molecule has 0 saturated carbocycles. The van der Waals surface area contributed by atoms with Crippen molar-refractivity contribution < 1.29 is 14.3 Å². The lowest BCUT2D eigenvalue weighted by atomic mass is 10.4. The first-order valence-electron chi connectivity index (χ1n) is 4.06. The molecule has 0 aliphatic carbocycles. The molecule has 2 aromatic rings. The number of carbonyl (C=O) groups is 1. The van der Waals surface area contributed by atoms with E-state index in [2.05, 4.69) is 20.9 Å². The Kier molecular flexibility index (Phi) is 2.88. The predicted octanol–water partition coefficient (Wildman–Crippen LogP) is 2.79. The van der Waals surface area contributed by atoms with Crippen LogP contribution in [-0.2, 0) is 11.2 Å².